The van der Waals surface area contributed by atoms with E-state index in [1.165, 1.54) is 0 Å². The molecule has 0 aromatic heterocycles. The lowest BCUT2D eigenvalue weighted by atomic mass is 10.2. The zero-order valence-electron chi connectivity index (χ0n) is 4.73. The van der Waals surface area contributed by atoms with Gasteiger partial charge in [-0.2, -0.15) is 9.78 Å². The van der Waals surface area contributed by atoms with E-state index in [9.17, 15) is 0 Å². The van der Waals surface area contributed by atoms with Crippen LogP contribution in [0.15, 0.2) is 0 Å². The van der Waals surface area contributed by atoms with E-state index in [4.69, 9.17) is 0 Å². The molecule has 1 rings (SSSR count). The summed E-state index contributed by atoms with van der Waals surface area (Å²) in [5.74, 6) is -0.200. The Kier molecular flexibility index (Phi) is 1.05. The van der Waals surface area contributed by atoms with E-state index in [0.717, 1.165) is 12.8 Å². The number of hydrogen-bond donors (Lipinski definition) is 0. The van der Waals surface area contributed by atoms with Crippen molar-refractivity contribution in [3.63, 3.8) is 0 Å². The van der Waals surface area contributed by atoms with Gasteiger partial charge in [-0.25, -0.2) is 0 Å². The summed E-state index contributed by atoms with van der Waals surface area (Å²) in [4.78, 5) is 9.27. The largest absolute Gasteiger partial charge is 0.231 e. The number of rotatable bonds is 2. The van der Waals surface area contributed by atoms with Crippen molar-refractivity contribution in [2.24, 2.45) is 0 Å². The van der Waals surface area contributed by atoms with Crippen molar-refractivity contribution < 1.29 is 9.78 Å². The molecule has 0 unspecified atom stereocenters. The van der Waals surface area contributed by atoms with E-state index >= 15 is 0 Å². The van der Waals surface area contributed by atoms with Gasteiger partial charge in [0.05, 0.1) is 0 Å². The van der Waals surface area contributed by atoms with Gasteiger partial charge in [0.15, 0.2) is 0 Å². The second-order valence-electron chi connectivity index (χ2n) is 2.05. The van der Waals surface area contributed by atoms with E-state index < -0.39 is 0 Å². The first-order chi connectivity index (χ1) is 3.27. The summed E-state index contributed by atoms with van der Waals surface area (Å²) in [7, 11) is 0. The molecule has 0 bridgehead atoms. The van der Waals surface area contributed by atoms with Crippen molar-refractivity contribution in [2.45, 2.75) is 32.5 Å². The molecule has 0 atom stereocenters. The van der Waals surface area contributed by atoms with E-state index in [0.29, 0.717) is 0 Å². The molecule has 7 heavy (non-hydrogen) atoms. The third-order valence-corrected chi connectivity index (χ3v) is 1.07. The maximum absolute atomic E-state index is 4.64. The van der Waals surface area contributed by atoms with Crippen LogP contribution in [0.25, 0.3) is 0 Å². The molecule has 0 radical (unpaired) electrons. The Labute approximate surface area is 43.3 Å². The summed E-state index contributed by atoms with van der Waals surface area (Å²) in [6.07, 6.45) is 2.13. The minimum absolute atomic E-state index is 0.200. The van der Waals surface area contributed by atoms with Gasteiger partial charge in [-0.1, -0.05) is 13.3 Å². The monoisotopic (exact) mass is 102 g/mol. The molecule has 0 saturated carbocycles. The molecular weight excluding hydrogens is 92.1 g/mol. The molecule has 0 spiro atoms. The minimum Gasteiger partial charge on any atom is -0.195 e. The summed E-state index contributed by atoms with van der Waals surface area (Å²) in [5, 5.41) is 0. The van der Waals surface area contributed by atoms with Crippen LogP contribution in [0.1, 0.15) is 26.7 Å². The van der Waals surface area contributed by atoms with Gasteiger partial charge in [0, 0.05) is 6.42 Å². The van der Waals surface area contributed by atoms with Crippen LogP contribution in [0.3, 0.4) is 0 Å². The van der Waals surface area contributed by atoms with Gasteiger partial charge in [-0.05, 0) is 6.92 Å². The summed E-state index contributed by atoms with van der Waals surface area (Å²) in [6, 6.07) is 0. The van der Waals surface area contributed by atoms with Gasteiger partial charge in [-0.15, -0.1) is 0 Å². The summed E-state index contributed by atoms with van der Waals surface area (Å²) in [5.41, 5.74) is 0. The molecular formula is C5H10O2. The first-order valence-corrected chi connectivity index (χ1v) is 2.64. The second kappa shape index (κ2) is 1.46. The second-order valence-corrected chi connectivity index (χ2v) is 2.05. The molecule has 0 amide bonds. The number of hydrogen-bond acceptors (Lipinski definition) is 2. The Morgan fingerprint density at radius 3 is 2.14 bits per heavy atom. The highest BCUT2D eigenvalue weighted by Crippen LogP contribution is 2.32. The van der Waals surface area contributed by atoms with Gasteiger partial charge in [0.2, 0.25) is 5.79 Å². The molecule has 1 heterocycles. The van der Waals surface area contributed by atoms with Crippen molar-refractivity contribution in [3.05, 3.63) is 0 Å². The Morgan fingerprint density at radius 2 is 2.00 bits per heavy atom. The normalized spacial score (nSPS) is 24.9. The first kappa shape index (κ1) is 5.06. The molecule has 2 nitrogen and oxygen atoms in total. The van der Waals surface area contributed by atoms with Gasteiger partial charge in [0.1, 0.15) is 0 Å². The van der Waals surface area contributed by atoms with Gasteiger partial charge in [-0.3, -0.25) is 0 Å². The first-order valence-electron chi connectivity index (χ1n) is 2.64. The fourth-order valence-corrected chi connectivity index (χ4v) is 0.609. The van der Waals surface area contributed by atoms with E-state index in [1.54, 1.807) is 0 Å². The van der Waals surface area contributed by atoms with Crippen LogP contribution in [-0.4, -0.2) is 5.79 Å². The molecule has 2 heteroatoms. The average Bonchev–Trinajstić information content (AvgIpc) is 2.22. The lowest BCUT2D eigenvalue weighted by Crippen LogP contribution is -2.00. The molecule has 1 fully saturated rings. The summed E-state index contributed by atoms with van der Waals surface area (Å²) >= 11 is 0. The fraction of sp³-hybridized carbons (Fsp3) is 1.00. The van der Waals surface area contributed by atoms with Crippen LogP contribution in [-0.2, 0) is 9.78 Å². The zero-order valence-corrected chi connectivity index (χ0v) is 4.73. The Morgan fingerprint density at radius 1 is 1.43 bits per heavy atom. The van der Waals surface area contributed by atoms with Crippen LogP contribution in [0.5, 0.6) is 0 Å². The molecule has 1 aliphatic heterocycles. The van der Waals surface area contributed by atoms with E-state index in [-0.39, 0.29) is 5.79 Å². The molecule has 1 aliphatic rings. The van der Waals surface area contributed by atoms with Gasteiger partial charge in [0.25, 0.3) is 0 Å². The van der Waals surface area contributed by atoms with E-state index in [2.05, 4.69) is 16.7 Å². The maximum atomic E-state index is 4.64. The van der Waals surface area contributed by atoms with Crippen molar-refractivity contribution in [2.75, 3.05) is 0 Å². The Hall–Kier alpha value is -0.0800. The third-order valence-electron chi connectivity index (χ3n) is 1.07. The predicted octanol–water partition coefficient (Wildman–Crippen LogP) is 1.46. The molecule has 0 aromatic rings. The molecule has 1 saturated heterocycles. The SMILES string of the molecule is CCCC1(C)OO1. The summed E-state index contributed by atoms with van der Waals surface area (Å²) in [6.45, 7) is 4.05. The van der Waals surface area contributed by atoms with Gasteiger partial charge >= 0.3 is 0 Å². The van der Waals surface area contributed by atoms with Crippen molar-refractivity contribution in [1.29, 1.82) is 0 Å². The van der Waals surface area contributed by atoms with Crippen molar-refractivity contribution in [3.8, 4) is 0 Å². The van der Waals surface area contributed by atoms with Crippen LogP contribution < -0.4 is 0 Å². The Balaban J connectivity index is 2.13. The van der Waals surface area contributed by atoms with Crippen molar-refractivity contribution >= 4 is 0 Å². The third kappa shape index (κ3) is 1.14. The lowest BCUT2D eigenvalue weighted by Gasteiger charge is -1.90. The Bertz CT molecular complexity index is 66.5. The van der Waals surface area contributed by atoms with Crippen LogP contribution in [0.4, 0.5) is 0 Å². The highest BCUT2D eigenvalue weighted by atomic mass is 17.4. The highest BCUT2D eigenvalue weighted by molar-refractivity contribution is 4.64. The topological polar surface area (TPSA) is 25.1 Å². The van der Waals surface area contributed by atoms with Crippen LogP contribution >= 0.6 is 0 Å². The molecule has 0 N–H and O–H groups in total. The zero-order chi connectivity index (χ0) is 5.33. The lowest BCUT2D eigenvalue weighted by molar-refractivity contribution is 0.0850. The van der Waals surface area contributed by atoms with Gasteiger partial charge < -0.3 is 0 Å². The molecule has 0 aromatic carbocycles. The fourth-order valence-electron chi connectivity index (χ4n) is 0.609. The van der Waals surface area contributed by atoms with Crippen LogP contribution in [0, 0.1) is 0 Å². The minimum atomic E-state index is -0.200. The molecule has 0 aliphatic carbocycles. The standard InChI is InChI=1S/C5H10O2/c1-3-4-5(2)6-7-5/h3-4H2,1-2H3. The molecule has 42 valence electrons. The highest BCUT2D eigenvalue weighted by Gasteiger charge is 2.41. The predicted molar refractivity (Wildman–Crippen MR) is 25.5 cm³/mol. The average molecular weight is 102 g/mol. The maximum Gasteiger partial charge on any atom is 0.231 e. The van der Waals surface area contributed by atoms with Crippen molar-refractivity contribution in [1.82, 2.24) is 0 Å². The van der Waals surface area contributed by atoms with Crippen LogP contribution in [0.2, 0.25) is 0 Å². The van der Waals surface area contributed by atoms with E-state index in [1.807, 2.05) is 6.92 Å². The smallest absolute Gasteiger partial charge is 0.195 e. The summed E-state index contributed by atoms with van der Waals surface area (Å²) < 4.78 is 0. The quantitative estimate of drug-likeness (QED) is 0.389.